The van der Waals surface area contributed by atoms with Crippen LogP contribution in [0.2, 0.25) is 0 Å². The Morgan fingerprint density at radius 1 is 1.50 bits per heavy atom. The van der Waals surface area contributed by atoms with Crippen LogP contribution in [0.4, 0.5) is 0 Å². The molecule has 1 amide bonds. The van der Waals surface area contributed by atoms with E-state index in [4.69, 9.17) is 0 Å². The summed E-state index contributed by atoms with van der Waals surface area (Å²) in [5, 5.41) is 3.03. The van der Waals surface area contributed by atoms with Gasteiger partial charge in [-0.15, -0.1) is 0 Å². The Kier molecular flexibility index (Phi) is 4.40. The van der Waals surface area contributed by atoms with Crippen molar-refractivity contribution in [3.63, 3.8) is 0 Å². The van der Waals surface area contributed by atoms with E-state index in [0.717, 1.165) is 35.2 Å². The van der Waals surface area contributed by atoms with Crippen LogP contribution in [0.1, 0.15) is 22.3 Å². The van der Waals surface area contributed by atoms with Gasteiger partial charge in [0.25, 0.3) is 5.91 Å². The molecule has 18 heavy (non-hydrogen) atoms. The van der Waals surface area contributed by atoms with Crippen molar-refractivity contribution in [3.05, 3.63) is 33.8 Å². The van der Waals surface area contributed by atoms with Gasteiger partial charge in [-0.1, -0.05) is 15.9 Å². The number of aryl methyl sites for hydroxylation is 1. The molecule has 0 bridgehead atoms. The van der Waals surface area contributed by atoms with Crippen LogP contribution in [0.25, 0.3) is 0 Å². The zero-order valence-corrected chi connectivity index (χ0v) is 12.5. The van der Waals surface area contributed by atoms with Crippen molar-refractivity contribution in [1.29, 1.82) is 0 Å². The second-order valence-electron chi connectivity index (χ2n) is 5.14. The predicted molar refractivity (Wildman–Crippen MR) is 76.8 cm³/mol. The van der Waals surface area contributed by atoms with Gasteiger partial charge in [0.15, 0.2) is 0 Å². The lowest BCUT2D eigenvalue weighted by Gasteiger charge is -2.12. The van der Waals surface area contributed by atoms with Gasteiger partial charge in [-0.05, 0) is 56.6 Å². The van der Waals surface area contributed by atoms with Crippen LogP contribution in [0.15, 0.2) is 22.7 Å². The molecule has 1 aliphatic heterocycles. The van der Waals surface area contributed by atoms with E-state index in [1.54, 1.807) is 0 Å². The third-order valence-electron chi connectivity index (χ3n) is 3.34. The summed E-state index contributed by atoms with van der Waals surface area (Å²) in [7, 11) is 2.12. The van der Waals surface area contributed by atoms with Crippen LogP contribution in [-0.4, -0.2) is 37.5 Å². The van der Waals surface area contributed by atoms with E-state index in [-0.39, 0.29) is 5.91 Å². The first kappa shape index (κ1) is 13.6. The van der Waals surface area contributed by atoms with Crippen molar-refractivity contribution in [2.24, 2.45) is 5.92 Å². The molecular weight excluding hydrogens is 292 g/mol. The van der Waals surface area contributed by atoms with Crippen molar-refractivity contribution in [2.45, 2.75) is 13.3 Å². The Hall–Kier alpha value is -0.870. The summed E-state index contributed by atoms with van der Waals surface area (Å²) in [6, 6.07) is 5.78. The second-order valence-corrected chi connectivity index (χ2v) is 6.06. The zero-order valence-electron chi connectivity index (χ0n) is 10.9. The van der Waals surface area contributed by atoms with Gasteiger partial charge < -0.3 is 10.2 Å². The number of benzene rings is 1. The molecule has 0 radical (unpaired) electrons. The van der Waals surface area contributed by atoms with E-state index in [1.807, 2.05) is 25.1 Å². The smallest absolute Gasteiger partial charge is 0.251 e. The number of nitrogens with one attached hydrogen (secondary N) is 1. The maximum atomic E-state index is 12.0. The molecule has 1 N–H and O–H groups in total. The van der Waals surface area contributed by atoms with E-state index in [2.05, 4.69) is 33.2 Å². The van der Waals surface area contributed by atoms with E-state index in [9.17, 15) is 4.79 Å². The van der Waals surface area contributed by atoms with Crippen LogP contribution in [0.3, 0.4) is 0 Å². The van der Waals surface area contributed by atoms with E-state index < -0.39 is 0 Å². The lowest BCUT2D eigenvalue weighted by molar-refractivity contribution is 0.0947. The number of carbonyl (C=O) groups excluding carboxylic acids is 1. The van der Waals surface area contributed by atoms with Gasteiger partial charge in [0.05, 0.1) is 0 Å². The van der Waals surface area contributed by atoms with E-state index in [0.29, 0.717) is 5.92 Å². The molecule has 1 saturated heterocycles. The summed E-state index contributed by atoms with van der Waals surface area (Å²) >= 11 is 3.42. The molecule has 3 nitrogen and oxygen atoms in total. The third kappa shape index (κ3) is 3.56. The molecule has 0 saturated carbocycles. The molecule has 1 unspecified atom stereocenters. The number of hydrogen-bond donors (Lipinski definition) is 1. The highest BCUT2D eigenvalue weighted by molar-refractivity contribution is 9.10. The first-order valence-corrected chi connectivity index (χ1v) is 7.08. The molecule has 2 rings (SSSR count). The summed E-state index contributed by atoms with van der Waals surface area (Å²) in [4.78, 5) is 14.3. The fraction of sp³-hybridized carbons (Fsp3) is 0.500. The molecule has 1 fully saturated rings. The normalized spacial score (nSPS) is 20.1. The quantitative estimate of drug-likeness (QED) is 0.930. The molecule has 0 aromatic heterocycles. The van der Waals surface area contributed by atoms with Gasteiger partial charge in [0.1, 0.15) is 0 Å². The van der Waals surface area contributed by atoms with Crippen molar-refractivity contribution < 1.29 is 4.79 Å². The summed E-state index contributed by atoms with van der Waals surface area (Å²) in [5.74, 6) is 0.612. The summed E-state index contributed by atoms with van der Waals surface area (Å²) in [6.07, 6.45) is 1.17. The highest BCUT2D eigenvalue weighted by Gasteiger charge is 2.20. The molecule has 0 aliphatic carbocycles. The molecule has 4 heteroatoms. The first-order chi connectivity index (χ1) is 8.54. The van der Waals surface area contributed by atoms with Gasteiger partial charge in [-0.2, -0.15) is 0 Å². The minimum Gasteiger partial charge on any atom is -0.352 e. The third-order valence-corrected chi connectivity index (χ3v) is 3.80. The zero-order chi connectivity index (χ0) is 13.1. The molecule has 1 aliphatic rings. The van der Waals surface area contributed by atoms with Gasteiger partial charge in [0.2, 0.25) is 0 Å². The molecule has 1 aromatic rings. The van der Waals surface area contributed by atoms with E-state index >= 15 is 0 Å². The largest absolute Gasteiger partial charge is 0.352 e. The number of nitrogens with zero attached hydrogens (tertiary/aromatic N) is 1. The van der Waals surface area contributed by atoms with Crippen LogP contribution >= 0.6 is 15.9 Å². The highest BCUT2D eigenvalue weighted by Crippen LogP contribution is 2.16. The van der Waals surface area contributed by atoms with Crippen molar-refractivity contribution in [2.75, 3.05) is 26.7 Å². The topological polar surface area (TPSA) is 32.3 Å². The molecule has 1 heterocycles. The predicted octanol–water partition coefficient (Wildman–Crippen LogP) is 2.44. The lowest BCUT2D eigenvalue weighted by atomic mass is 10.1. The Morgan fingerprint density at radius 2 is 2.28 bits per heavy atom. The average Bonchev–Trinajstić information content (AvgIpc) is 2.70. The van der Waals surface area contributed by atoms with E-state index in [1.165, 1.54) is 6.42 Å². The number of carbonyl (C=O) groups is 1. The maximum Gasteiger partial charge on any atom is 0.251 e. The van der Waals surface area contributed by atoms with Crippen LogP contribution in [0.5, 0.6) is 0 Å². The Balaban J connectivity index is 1.91. The summed E-state index contributed by atoms with van der Waals surface area (Å²) in [5.41, 5.74) is 1.82. The van der Waals surface area contributed by atoms with Gasteiger partial charge in [-0.25, -0.2) is 0 Å². The van der Waals surface area contributed by atoms with Crippen molar-refractivity contribution >= 4 is 21.8 Å². The SMILES string of the molecule is Cc1cc(Br)cc(C(=O)NCC2CCN(C)C2)c1. The number of amides is 1. The Morgan fingerprint density at radius 3 is 2.89 bits per heavy atom. The Labute approximate surface area is 117 Å². The van der Waals surface area contributed by atoms with Crippen molar-refractivity contribution in [1.82, 2.24) is 10.2 Å². The van der Waals surface area contributed by atoms with Crippen LogP contribution < -0.4 is 5.32 Å². The molecule has 0 spiro atoms. The number of rotatable bonds is 3. The first-order valence-electron chi connectivity index (χ1n) is 6.28. The van der Waals surface area contributed by atoms with Crippen LogP contribution in [0, 0.1) is 12.8 Å². The molecule has 1 aromatic carbocycles. The number of halogens is 1. The summed E-state index contributed by atoms with van der Waals surface area (Å²) in [6.45, 7) is 4.98. The van der Waals surface area contributed by atoms with Crippen LogP contribution in [-0.2, 0) is 0 Å². The molecular formula is C14H19BrN2O. The number of likely N-dealkylation sites (tertiary alicyclic amines) is 1. The van der Waals surface area contributed by atoms with Crippen molar-refractivity contribution in [3.8, 4) is 0 Å². The fourth-order valence-electron chi connectivity index (χ4n) is 2.40. The monoisotopic (exact) mass is 310 g/mol. The lowest BCUT2D eigenvalue weighted by Crippen LogP contribution is -2.30. The highest BCUT2D eigenvalue weighted by atomic mass is 79.9. The average molecular weight is 311 g/mol. The van der Waals surface area contributed by atoms with Gasteiger partial charge in [-0.3, -0.25) is 4.79 Å². The summed E-state index contributed by atoms with van der Waals surface area (Å²) < 4.78 is 0.952. The minimum atomic E-state index is 0.0222. The Bertz CT molecular complexity index is 427. The fourth-order valence-corrected chi connectivity index (χ4v) is 3.01. The van der Waals surface area contributed by atoms with Gasteiger partial charge >= 0.3 is 0 Å². The molecule has 1 atom stereocenters. The minimum absolute atomic E-state index is 0.0222. The standard InChI is InChI=1S/C14H19BrN2O/c1-10-5-12(7-13(15)6-10)14(18)16-8-11-3-4-17(2)9-11/h5-7,11H,3-4,8-9H2,1-2H3,(H,16,18). The second kappa shape index (κ2) is 5.85. The maximum absolute atomic E-state index is 12.0. The number of hydrogen-bond acceptors (Lipinski definition) is 2. The molecule has 98 valence electrons. The van der Waals surface area contributed by atoms with Gasteiger partial charge in [0, 0.05) is 23.1 Å².